The molecule has 3 N–H and O–H groups in total. The molecule has 0 aliphatic carbocycles. The van der Waals surface area contributed by atoms with Crippen LogP contribution in [0.4, 0.5) is 0 Å². The smallest absolute Gasteiger partial charge is 0.391 e. The average Bonchev–Trinajstić information content (AvgIpc) is 3.12. The number of carbonyl (C=O) groups excluding carboxylic acids is 1. The van der Waals surface area contributed by atoms with Crippen LogP contribution < -0.4 is 5.32 Å². The highest BCUT2D eigenvalue weighted by Crippen LogP contribution is 2.43. The van der Waals surface area contributed by atoms with E-state index in [0.29, 0.717) is 23.9 Å². The Morgan fingerprint density at radius 1 is 0.611 bits per heavy atom. The number of hydrogen-bond donors (Lipinski definition) is 3. The molecule has 0 rings (SSSR count). The topological polar surface area (TPSA) is 105 Å². The molecule has 9 heteroatoms. The van der Waals surface area contributed by atoms with E-state index in [0.717, 1.165) is 38.5 Å². The number of amides is 1. The second-order valence-electron chi connectivity index (χ2n) is 17.1. The Bertz CT molecular complexity index is 896. The lowest BCUT2D eigenvalue weighted by molar-refractivity contribution is -0.870. The largest absolute Gasteiger partial charge is 0.472 e. The van der Waals surface area contributed by atoms with Crippen molar-refractivity contribution in [3.8, 4) is 0 Å². The molecule has 0 aromatic rings. The molecule has 54 heavy (non-hydrogen) atoms. The van der Waals surface area contributed by atoms with Gasteiger partial charge >= 0.3 is 7.82 Å². The van der Waals surface area contributed by atoms with Crippen LogP contribution in [0, 0.1) is 0 Å². The number of aliphatic hydroxyl groups is 1. The summed E-state index contributed by atoms with van der Waals surface area (Å²) in [7, 11) is 1.62. The van der Waals surface area contributed by atoms with Gasteiger partial charge < -0.3 is 19.8 Å². The first kappa shape index (κ1) is 53.2. The molecule has 0 aromatic heterocycles. The van der Waals surface area contributed by atoms with Gasteiger partial charge in [-0.05, 0) is 38.5 Å². The van der Waals surface area contributed by atoms with Crippen LogP contribution in [0.5, 0.6) is 0 Å². The van der Waals surface area contributed by atoms with Gasteiger partial charge in [0.05, 0.1) is 39.9 Å². The molecule has 0 aliphatic rings. The van der Waals surface area contributed by atoms with Crippen molar-refractivity contribution in [1.82, 2.24) is 5.32 Å². The lowest BCUT2D eigenvalue weighted by Gasteiger charge is -2.26. The average molecular weight is 788 g/mol. The highest BCUT2D eigenvalue weighted by atomic mass is 31.2. The number of phosphoric acid groups is 1. The Balaban J connectivity index is 4.32. The van der Waals surface area contributed by atoms with E-state index >= 15 is 0 Å². The predicted molar refractivity (Wildman–Crippen MR) is 231 cm³/mol. The number of aliphatic hydroxyl groups excluding tert-OH is 1. The van der Waals surface area contributed by atoms with E-state index in [1.807, 2.05) is 21.1 Å². The molecule has 1 amide bonds. The molecule has 0 aromatic carbocycles. The molecular formula is C45H92N2O6P+. The van der Waals surface area contributed by atoms with Gasteiger partial charge in [0.25, 0.3) is 0 Å². The zero-order valence-corrected chi connectivity index (χ0v) is 37.4. The van der Waals surface area contributed by atoms with E-state index in [1.54, 1.807) is 0 Å². The molecule has 0 spiro atoms. The predicted octanol–water partition coefficient (Wildman–Crippen LogP) is 12.8. The van der Waals surface area contributed by atoms with E-state index < -0.39 is 20.0 Å². The van der Waals surface area contributed by atoms with Crippen LogP contribution in [0.2, 0.25) is 0 Å². The monoisotopic (exact) mass is 788 g/mol. The van der Waals surface area contributed by atoms with Gasteiger partial charge in [-0.15, -0.1) is 0 Å². The fourth-order valence-electron chi connectivity index (χ4n) is 6.81. The number of likely N-dealkylation sites (N-methyl/N-ethyl adjacent to an activating group) is 1. The van der Waals surface area contributed by atoms with Crippen LogP contribution in [0.15, 0.2) is 12.2 Å². The summed E-state index contributed by atoms with van der Waals surface area (Å²) in [5.74, 6) is -0.148. The first-order valence-electron chi connectivity index (χ1n) is 23.1. The molecule has 322 valence electrons. The molecule has 0 fully saturated rings. The van der Waals surface area contributed by atoms with Crippen LogP contribution >= 0.6 is 7.82 Å². The summed E-state index contributed by atoms with van der Waals surface area (Å²) in [6, 6.07) is -0.758. The molecule has 0 bridgehead atoms. The van der Waals surface area contributed by atoms with Crippen molar-refractivity contribution in [2.45, 2.75) is 231 Å². The van der Waals surface area contributed by atoms with E-state index in [-0.39, 0.29) is 19.1 Å². The van der Waals surface area contributed by atoms with Crippen LogP contribution in [0.3, 0.4) is 0 Å². The first-order valence-corrected chi connectivity index (χ1v) is 24.5. The number of hydrogen-bond acceptors (Lipinski definition) is 5. The highest BCUT2D eigenvalue weighted by Gasteiger charge is 2.28. The summed E-state index contributed by atoms with van der Waals surface area (Å²) >= 11 is 0. The molecule has 0 aliphatic heterocycles. The van der Waals surface area contributed by atoms with Gasteiger partial charge in [0.2, 0.25) is 5.91 Å². The highest BCUT2D eigenvalue weighted by molar-refractivity contribution is 7.47. The normalized spacial score (nSPS) is 14.4. The third-order valence-corrected chi connectivity index (χ3v) is 11.5. The van der Waals surface area contributed by atoms with Crippen molar-refractivity contribution in [2.24, 2.45) is 0 Å². The summed E-state index contributed by atoms with van der Waals surface area (Å²) in [5, 5.41) is 14.0. The maximum atomic E-state index is 12.9. The van der Waals surface area contributed by atoms with Crippen molar-refractivity contribution in [2.75, 3.05) is 40.9 Å². The first-order chi connectivity index (χ1) is 26.0. The Labute approximate surface area is 335 Å². The number of quaternary nitrogens is 1. The third-order valence-electron chi connectivity index (χ3n) is 10.5. The Morgan fingerprint density at radius 3 is 1.43 bits per heavy atom. The fourth-order valence-corrected chi connectivity index (χ4v) is 7.54. The van der Waals surface area contributed by atoms with Gasteiger partial charge in [0.1, 0.15) is 13.2 Å². The van der Waals surface area contributed by atoms with Crippen molar-refractivity contribution < 1.29 is 32.9 Å². The van der Waals surface area contributed by atoms with Gasteiger partial charge in [-0.25, -0.2) is 4.57 Å². The molecular weight excluding hydrogens is 695 g/mol. The molecule has 0 saturated carbocycles. The summed E-state index contributed by atoms with van der Waals surface area (Å²) in [5.41, 5.74) is 0. The number of phosphoric ester groups is 1. The SMILES string of the molecule is CCCCCCCCC/C=C\CCCCCCCCCC(=O)NC(COP(=O)(O)OCC[N+](C)(C)C)C(O)CCCCCCCCCCCCCCCC. The lowest BCUT2D eigenvalue weighted by Crippen LogP contribution is -2.46. The van der Waals surface area contributed by atoms with Crippen molar-refractivity contribution in [3.05, 3.63) is 12.2 Å². The van der Waals surface area contributed by atoms with Crippen molar-refractivity contribution >= 4 is 13.7 Å². The van der Waals surface area contributed by atoms with Crippen LogP contribution in [0.1, 0.15) is 219 Å². The summed E-state index contributed by atoms with van der Waals surface area (Å²) in [4.78, 5) is 23.2. The molecule has 3 unspecified atom stereocenters. The third kappa shape index (κ3) is 39.5. The van der Waals surface area contributed by atoms with Crippen LogP contribution in [-0.2, 0) is 18.4 Å². The number of nitrogens with zero attached hydrogens (tertiary/aromatic N) is 1. The molecule has 0 heterocycles. The maximum absolute atomic E-state index is 12.9. The number of rotatable bonds is 42. The van der Waals surface area contributed by atoms with Crippen LogP contribution in [0.25, 0.3) is 0 Å². The second kappa shape index (κ2) is 37.8. The minimum atomic E-state index is -4.31. The maximum Gasteiger partial charge on any atom is 0.472 e. The second-order valence-corrected chi connectivity index (χ2v) is 18.6. The molecule has 0 radical (unpaired) electrons. The zero-order chi connectivity index (χ0) is 40.0. The Morgan fingerprint density at radius 2 is 1.00 bits per heavy atom. The summed E-state index contributed by atoms with van der Waals surface area (Å²) in [6.07, 6.45) is 42.3. The van der Waals surface area contributed by atoms with Gasteiger partial charge in [-0.3, -0.25) is 13.8 Å². The number of allylic oxidation sites excluding steroid dienone is 2. The van der Waals surface area contributed by atoms with Gasteiger partial charge in [-0.2, -0.15) is 0 Å². The minimum Gasteiger partial charge on any atom is -0.391 e. The standard InChI is InChI=1S/C45H91N2O6P/c1-6-8-10-12-14-16-18-20-22-23-24-25-27-29-31-33-35-37-39-45(49)46-43(42-53-54(50,51)52-41-40-47(3,4)5)44(48)38-36-34-32-30-28-26-21-19-17-15-13-11-9-7-2/h22-23,43-44,48H,6-21,24-42H2,1-5H3,(H-,46,49,50,51)/p+1/b23-22-. The lowest BCUT2D eigenvalue weighted by atomic mass is 10.0. The number of unbranched alkanes of at least 4 members (excludes halogenated alkanes) is 27. The van der Waals surface area contributed by atoms with E-state index in [9.17, 15) is 19.4 Å². The van der Waals surface area contributed by atoms with Gasteiger partial charge in [0, 0.05) is 6.42 Å². The van der Waals surface area contributed by atoms with E-state index in [4.69, 9.17) is 9.05 Å². The van der Waals surface area contributed by atoms with E-state index in [1.165, 1.54) is 154 Å². The Kier molecular flexibility index (Phi) is 37.3. The molecule has 0 saturated heterocycles. The number of nitrogens with one attached hydrogen (secondary N) is 1. The fraction of sp³-hybridized carbons (Fsp3) is 0.933. The molecule has 8 nitrogen and oxygen atoms in total. The molecule has 3 atom stereocenters. The van der Waals surface area contributed by atoms with Gasteiger partial charge in [0.15, 0.2) is 0 Å². The van der Waals surface area contributed by atoms with Crippen molar-refractivity contribution in [1.29, 1.82) is 0 Å². The quantitative estimate of drug-likeness (QED) is 0.0246. The summed E-state index contributed by atoms with van der Waals surface area (Å²) in [6.45, 7) is 4.89. The van der Waals surface area contributed by atoms with Gasteiger partial charge in [-0.1, -0.05) is 187 Å². The minimum absolute atomic E-state index is 0.0757. The number of carbonyl (C=O) groups is 1. The van der Waals surface area contributed by atoms with E-state index in [2.05, 4.69) is 31.3 Å². The Hall–Kier alpha value is -0.760. The van der Waals surface area contributed by atoms with Crippen LogP contribution in [-0.4, -0.2) is 73.4 Å². The van der Waals surface area contributed by atoms with Crippen molar-refractivity contribution in [3.63, 3.8) is 0 Å². The zero-order valence-electron chi connectivity index (χ0n) is 36.5. The summed E-state index contributed by atoms with van der Waals surface area (Å²) < 4.78 is 23.6.